The normalized spacial score (nSPS) is 16.8. The van der Waals surface area contributed by atoms with Gasteiger partial charge in [0, 0.05) is 0 Å². The Hall–Kier alpha value is -1.58. The molecule has 4 heteroatoms. The Labute approximate surface area is 98.9 Å². The molecule has 1 aliphatic carbocycles. The first kappa shape index (κ1) is 11.9. The number of hydrogen-bond donors (Lipinski definition) is 2. The van der Waals surface area contributed by atoms with Crippen LogP contribution in [-0.2, 0) is 4.79 Å². The van der Waals surface area contributed by atoms with Gasteiger partial charge in [-0.25, -0.2) is 4.39 Å². The molecule has 1 unspecified atom stereocenters. The highest BCUT2D eigenvalue weighted by Gasteiger charge is 2.29. The SMILES string of the molecule is O=C(O)CC(CC1CC1)c1cccc(O)c1F. The number of phenolic OH excluding ortho intramolecular Hbond substituents is 1. The third kappa shape index (κ3) is 2.96. The van der Waals surface area contributed by atoms with E-state index in [9.17, 15) is 14.3 Å². The molecule has 0 amide bonds. The number of benzene rings is 1. The summed E-state index contributed by atoms with van der Waals surface area (Å²) in [4.78, 5) is 10.8. The summed E-state index contributed by atoms with van der Waals surface area (Å²) >= 11 is 0. The summed E-state index contributed by atoms with van der Waals surface area (Å²) in [6.07, 6.45) is 2.79. The first-order chi connectivity index (χ1) is 8.08. The van der Waals surface area contributed by atoms with Gasteiger partial charge in [0.15, 0.2) is 11.6 Å². The molecule has 0 bridgehead atoms. The van der Waals surface area contributed by atoms with Gasteiger partial charge < -0.3 is 10.2 Å². The Morgan fingerprint density at radius 3 is 2.76 bits per heavy atom. The van der Waals surface area contributed by atoms with Gasteiger partial charge in [0.1, 0.15) is 0 Å². The van der Waals surface area contributed by atoms with Crippen LogP contribution in [-0.4, -0.2) is 16.2 Å². The Balaban J connectivity index is 2.23. The number of carboxylic acid groups (broad SMARTS) is 1. The van der Waals surface area contributed by atoms with Gasteiger partial charge in [-0.05, 0) is 29.9 Å². The van der Waals surface area contributed by atoms with Gasteiger partial charge in [-0.3, -0.25) is 4.79 Å². The maximum Gasteiger partial charge on any atom is 0.303 e. The summed E-state index contributed by atoms with van der Waals surface area (Å²) in [5.41, 5.74) is 0.319. The van der Waals surface area contributed by atoms with Crippen LogP contribution in [0.4, 0.5) is 4.39 Å². The topological polar surface area (TPSA) is 57.5 Å². The summed E-state index contributed by atoms with van der Waals surface area (Å²) in [6.45, 7) is 0. The van der Waals surface area contributed by atoms with Gasteiger partial charge in [0.05, 0.1) is 6.42 Å². The fraction of sp³-hybridized carbons (Fsp3) is 0.462. The zero-order valence-electron chi connectivity index (χ0n) is 9.40. The lowest BCUT2D eigenvalue weighted by Gasteiger charge is -2.16. The predicted octanol–water partition coefficient (Wildman–Crippen LogP) is 2.89. The molecule has 2 rings (SSSR count). The van der Waals surface area contributed by atoms with Gasteiger partial charge >= 0.3 is 5.97 Å². The van der Waals surface area contributed by atoms with Crippen LogP contribution in [0.1, 0.15) is 37.2 Å². The van der Waals surface area contributed by atoms with Crippen LogP contribution in [0.25, 0.3) is 0 Å². The molecular weight excluding hydrogens is 223 g/mol. The molecule has 0 aromatic heterocycles. The summed E-state index contributed by atoms with van der Waals surface area (Å²) in [5, 5.41) is 18.2. The number of phenols is 1. The van der Waals surface area contributed by atoms with E-state index in [1.807, 2.05) is 0 Å². The third-order valence-corrected chi connectivity index (χ3v) is 3.18. The molecule has 17 heavy (non-hydrogen) atoms. The number of halogens is 1. The van der Waals surface area contributed by atoms with E-state index < -0.39 is 17.5 Å². The molecule has 3 nitrogen and oxygen atoms in total. The first-order valence-corrected chi connectivity index (χ1v) is 5.77. The van der Waals surface area contributed by atoms with Gasteiger partial charge in [-0.1, -0.05) is 25.0 Å². The average molecular weight is 238 g/mol. The molecule has 1 fully saturated rings. The molecule has 2 N–H and O–H groups in total. The number of carbonyl (C=O) groups is 1. The van der Waals surface area contributed by atoms with Crippen molar-refractivity contribution in [1.29, 1.82) is 0 Å². The quantitative estimate of drug-likeness (QED) is 0.829. The zero-order valence-corrected chi connectivity index (χ0v) is 9.40. The van der Waals surface area contributed by atoms with Crippen LogP contribution < -0.4 is 0 Å². The van der Waals surface area contributed by atoms with Crippen molar-refractivity contribution >= 4 is 5.97 Å². The van der Waals surface area contributed by atoms with Crippen LogP contribution in [0, 0.1) is 11.7 Å². The van der Waals surface area contributed by atoms with Crippen LogP contribution in [0.3, 0.4) is 0 Å². The van der Waals surface area contributed by atoms with Gasteiger partial charge in [-0.15, -0.1) is 0 Å². The maximum absolute atomic E-state index is 13.7. The lowest BCUT2D eigenvalue weighted by atomic mass is 9.90. The Bertz CT molecular complexity index is 427. The Morgan fingerprint density at radius 1 is 1.47 bits per heavy atom. The molecule has 1 aliphatic rings. The van der Waals surface area contributed by atoms with E-state index in [-0.39, 0.29) is 12.3 Å². The molecule has 1 atom stereocenters. The van der Waals surface area contributed by atoms with Gasteiger partial charge in [0.2, 0.25) is 0 Å². The minimum absolute atomic E-state index is 0.0864. The second-order valence-corrected chi connectivity index (χ2v) is 4.65. The number of rotatable bonds is 5. The molecule has 92 valence electrons. The van der Waals surface area contributed by atoms with Crippen LogP contribution >= 0.6 is 0 Å². The molecule has 1 aromatic carbocycles. The summed E-state index contributed by atoms with van der Waals surface area (Å²) in [6, 6.07) is 4.38. The summed E-state index contributed by atoms with van der Waals surface area (Å²) in [7, 11) is 0. The molecule has 0 aliphatic heterocycles. The fourth-order valence-corrected chi connectivity index (χ4v) is 2.14. The summed E-state index contributed by atoms with van der Waals surface area (Å²) in [5.74, 6) is -1.85. The fourth-order valence-electron chi connectivity index (χ4n) is 2.14. The highest BCUT2D eigenvalue weighted by Crippen LogP contribution is 2.41. The van der Waals surface area contributed by atoms with Crippen molar-refractivity contribution in [2.24, 2.45) is 5.92 Å². The highest BCUT2D eigenvalue weighted by molar-refractivity contribution is 5.68. The van der Waals surface area contributed by atoms with E-state index in [2.05, 4.69) is 0 Å². The van der Waals surface area contributed by atoms with Crippen molar-refractivity contribution in [3.8, 4) is 5.75 Å². The van der Waals surface area contributed by atoms with Crippen molar-refractivity contribution in [2.45, 2.75) is 31.6 Å². The second kappa shape index (κ2) is 4.73. The minimum atomic E-state index is -0.932. The van der Waals surface area contributed by atoms with E-state index >= 15 is 0 Å². The average Bonchev–Trinajstić information content (AvgIpc) is 3.04. The molecule has 0 radical (unpaired) electrons. The van der Waals surface area contributed by atoms with Crippen LogP contribution in [0.15, 0.2) is 18.2 Å². The molecule has 0 spiro atoms. The lowest BCUT2D eigenvalue weighted by molar-refractivity contribution is -0.137. The third-order valence-electron chi connectivity index (χ3n) is 3.18. The molecule has 0 saturated heterocycles. The minimum Gasteiger partial charge on any atom is -0.505 e. The maximum atomic E-state index is 13.7. The van der Waals surface area contributed by atoms with Crippen molar-refractivity contribution < 1.29 is 19.4 Å². The van der Waals surface area contributed by atoms with E-state index in [1.165, 1.54) is 6.07 Å². The Morgan fingerprint density at radius 2 is 2.18 bits per heavy atom. The predicted molar refractivity (Wildman–Crippen MR) is 60.4 cm³/mol. The zero-order chi connectivity index (χ0) is 12.4. The largest absolute Gasteiger partial charge is 0.505 e. The first-order valence-electron chi connectivity index (χ1n) is 5.77. The van der Waals surface area contributed by atoms with E-state index in [0.29, 0.717) is 17.9 Å². The van der Waals surface area contributed by atoms with E-state index in [1.54, 1.807) is 12.1 Å². The van der Waals surface area contributed by atoms with E-state index in [4.69, 9.17) is 5.11 Å². The van der Waals surface area contributed by atoms with Crippen LogP contribution in [0.2, 0.25) is 0 Å². The molecule has 0 heterocycles. The van der Waals surface area contributed by atoms with Gasteiger partial charge in [0.25, 0.3) is 0 Å². The van der Waals surface area contributed by atoms with E-state index in [0.717, 1.165) is 12.8 Å². The summed E-state index contributed by atoms with van der Waals surface area (Å²) < 4.78 is 13.7. The lowest BCUT2D eigenvalue weighted by Crippen LogP contribution is -2.09. The van der Waals surface area contributed by atoms with Crippen molar-refractivity contribution in [1.82, 2.24) is 0 Å². The number of aliphatic carboxylic acids is 1. The standard InChI is InChI=1S/C13H15FO3/c14-13-10(2-1-3-11(13)15)9(7-12(16)17)6-8-4-5-8/h1-3,8-9,15H,4-7H2,(H,16,17). The highest BCUT2D eigenvalue weighted by atomic mass is 19.1. The Kier molecular flexibility index (Phi) is 3.31. The van der Waals surface area contributed by atoms with Crippen molar-refractivity contribution in [2.75, 3.05) is 0 Å². The second-order valence-electron chi connectivity index (χ2n) is 4.65. The molecular formula is C13H15FO3. The van der Waals surface area contributed by atoms with Gasteiger partial charge in [-0.2, -0.15) is 0 Å². The number of aromatic hydroxyl groups is 1. The van der Waals surface area contributed by atoms with Crippen molar-refractivity contribution in [3.63, 3.8) is 0 Å². The van der Waals surface area contributed by atoms with Crippen LogP contribution in [0.5, 0.6) is 5.75 Å². The van der Waals surface area contributed by atoms with Crippen molar-refractivity contribution in [3.05, 3.63) is 29.6 Å². The number of carboxylic acids is 1. The molecule has 1 aromatic rings. The molecule has 1 saturated carbocycles. The smallest absolute Gasteiger partial charge is 0.303 e. The monoisotopic (exact) mass is 238 g/mol. The number of hydrogen-bond acceptors (Lipinski definition) is 2.